The van der Waals surface area contributed by atoms with Crippen molar-refractivity contribution in [3.63, 3.8) is 0 Å². The largest absolute Gasteiger partial charge is 0.372 e. The van der Waals surface area contributed by atoms with E-state index in [1.165, 1.54) is 0 Å². The molecule has 0 unspecified atom stereocenters. The molecule has 0 amide bonds. The number of carbonyl (C=O) groups excluding carboxylic acids is 1. The first-order chi connectivity index (χ1) is 5.16. The fourth-order valence-electron chi connectivity index (χ4n) is 0.540. The third-order valence-corrected chi connectivity index (χ3v) is 0.989. The topological polar surface area (TPSA) is 26.3 Å². The van der Waals surface area contributed by atoms with Crippen LogP contribution >= 0.6 is 0 Å². The summed E-state index contributed by atoms with van der Waals surface area (Å²) in [6.07, 6.45) is 3.50. The van der Waals surface area contributed by atoms with E-state index < -0.39 is 0 Å². The molecule has 0 spiro atoms. The SMILES string of the molecule is CCC#COC(=O)CC(C)C. The van der Waals surface area contributed by atoms with Gasteiger partial charge in [0.15, 0.2) is 0 Å². The van der Waals surface area contributed by atoms with Crippen LogP contribution < -0.4 is 0 Å². The molecule has 0 bridgehead atoms. The number of carbonyl (C=O) groups is 1. The molecule has 0 aliphatic heterocycles. The molecule has 0 fully saturated rings. The Morgan fingerprint density at radius 3 is 2.64 bits per heavy atom. The van der Waals surface area contributed by atoms with Crippen LogP contribution in [0.15, 0.2) is 0 Å². The van der Waals surface area contributed by atoms with Crippen molar-refractivity contribution < 1.29 is 9.53 Å². The predicted octanol–water partition coefficient (Wildman–Crippen LogP) is 1.95. The van der Waals surface area contributed by atoms with Crippen molar-refractivity contribution >= 4 is 5.97 Å². The first-order valence-electron chi connectivity index (χ1n) is 3.84. The van der Waals surface area contributed by atoms with Crippen LogP contribution in [0.25, 0.3) is 0 Å². The van der Waals surface area contributed by atoms with Crippen LogP contribution in [0.3, 0.4) is 0 Å². The molecule has 11 heavy (non-hydrogen) atoms. The second-order valence-corrected chi connectivity index (χ2v) is 2.70. The van der Waals surface area contributed by atoms with Crippen LogP contribution in [0, 0.1) is 17.9 Å². The average Bonchev–Trinajstić information content (AvgIpc) is 1.86. The molecule has 0 aliphatic carbocycles. The summed E-state index contributed by atoms with van der Waals surface area (Å²) >= 11 is 0. The molecule has 2 heteroatoms. The zero-order valence-electron chi connectivity index (χ0n) is 7.31. The van der Waals surface area contributed by atoms with E-state index >= 15 is 0 Å². The van der Waals surface area contributed by atoms with E-state index in [1.807, 2.05) is 20.8 Å². The first kappa shape index (κ1) is 10.0. The molecule has 0 N–H and O–H groups in total. The summed E-state index contributed by atoms with van der Waals surface area (Å²) in [5, 5.41) is 0. The van der Waals surface area contributed by atoms with Crippen molar-refractivity contribution in [1.29, 1.82) is 0 Å². The molecule has 0 saturated carbocycles. The minimum atomic E-state index is -0.235. The lowest BCUT2D eigenvalue weighted by atomic mass is 10.1. The van der Waals surface area contributed by atoms with Gasteiger partial charge in [0.1, 0.15) is 6.11 Å². The highest BCUT2D eigenvalue weighted by atomic mass is 16.5. The third kappa shape index (κ3) is 6.92. The quantitative estimate of drug-likeness (QED) is 0.449. The molecule has 0 radical (unpaired) electrons. The van der Waals surface area contributed by atoms with E-state index in [9.17, 15) is 4.79 Å². The molecule has 0 atom stereocenters. The Balaban J connectivity index is 3.53. The Morgan fingerprint density at radius 2 is 2.18 bits per heavy atom. The number of esters is 1. The summed E-state index contributed by atoms with van der Waals surface area (Å²) in [6, 6.07) is 0. The van der Waals surface area contributed by atoms with E-state index in [0.29, 0.717) is 12.3 Å². The Bertz CT molecular complexity index is 172. The van der Waals surface area contributed by atoms with Crippen molar-refractivity contribution in [3.8, 4) is 12.0 Å². The lowest BCUT2D eigenvalue weighted by molar-refractivity contribution is -0.137. The molecule has 2 nitrogen and oxygen atoms in total. The van der Waals surface area contributed by atoms with E-state index in [0.717, 1.165) is 6.42 Å². The normalized spacial score (nSPS) is 8.73. The second-order valence-electron chi connectivity index (χ2n) is 2.70. The average molecular weight is 154 g/mol. The molecule has 0 aromatic carbocycles. The summed E-state index contributed by atoms with van der Waals surface area (Å²) in [7, 11) is 0. The minimum Gasteiger partial charge on any atom is -0.372 e. The third-order valence-electron chi connectivity index (χ3n) is 0.989. The van der Waals surface area contributed by atoms with Gasteiger partial charge in [-0.15, -0.1) is 0 Å². The lowest BCUT2D eigenvalue weighted by Gasteiger charge is -1.98. The van der Waals surface area contributed by atoms with Crippen LogP contribution in [0.4, 0.5) is 0 Å². The van der Waals surface area contributed by atoms with Gasteiger partial charge in [0.25, 0.3) is 0 Å². The standard InChI is InChI=1S/C9H14O2/c1-4-5-6-11-9(10)7-8(2)3/h8H,4,7H2,1-3H3. The maximum absolute atomic E-state index is 10.8. The van der Waals surface area contributed by atoms with Gasteiger partial charge in [-0.1, -0.05) is 26.7 Å². The number of hydrogen-bond acceptors (Lipinski definition) is 2. The number of ether oxygens (including phenoxy) is 1. The Morgan fingerprint density at radius 1 is 1.55 bits per heavy atom. The molecule has 0 rings (SSSR count). The molecule has 0 aromatic heterocycles. The van der Waals surface area contributed by atoms with Crippen LogP contribution in [0.2, 0.25) is 0 Å². The minimum absolute atomic E-state index is 0.235. The molecular formula is C9H14O2. The maximum atomic E-state index is 10.8. The van der Waals surface area contributed by atoms with Crippen LogP contribution in [0.1, 0.15) is 33.6 Å². The molecule has 0 aliphatic rings. The summed E-state index contributed by atoms with van der Waals surface area (Å²) in [6.45, 7) is 5.84. The highest BCUT2D eigenvalue weighted by Crippen LogP contribution is 1.99. The lowest BCUT2D eigenvalue weighted by Crippen LogP contribution is -2.03. The summed E-state index contributed by atoms with van der Waals surface area (Å²) < 4.78 is 4.59. The maximum Gasteiger partial charge on any atom is 0.320 e. The highest BCUT2D eigenvalue weighted by molar-refractivity contribution is 5.70. The zero-order valence-corrected chi connectivity index (χ0v) is 7.31. The monoisotopic (exact) mass is 154 g/mol. The Hall–Kier alpha value is -0.970. The van der Waals surface area contributed by atoms with E-state index in [1.54, 1.807) is 0 Å². The summed E-state index contributed by atoms with van der Waals surface area (Å²) in [5.74, 6) is 2.76. The predicted molar refractivity (Wildman–Crippen MR) is 43.6 cm³/mol. The summed E-state index contributed by atoms with van der Waals surface area (Å²) in [5.41, 5.74) is 0. The Kier molecular flexibility index (Phi) is 5.28. The second kappa shape index (κ2) is 5.79. The van der Waals surface area contributed by atoms with Crippen LogP contribution in [-0.4, -0.2) is 5.97 Å². The molecular weight excluding hydrogens is 140 g/mol. The zero-order chi connectivity index (χ0) is 8.69. The molecule has 0 aromatic rings. The van der Waals surface area contributed by atoms with Crippen molar-refractivity contribution in [2.24, 2.45) is 5.92 Å². The molecule has 0 heterocycles. The smallest absolute Gasteiger partial charge is 0.320 e. The van der Waals surface area contributed by atoms with Gasteiger partial charge in [-0.25, -0.2) is 0 Å². The number of hydrogen-bond donors (Lipinski definition) is 0. The van der Waals surface area contributed by atoms with Crippen molar-refractivity contribution in [3.05, 3.63) is 0 Å². The van der Waals surface area contributed by atoms with E-state index in [4.69, 9.17) is 0 Å². The van der Waals surface area contributed by atoms with Crippen LogP contribution in [-0.2, 0) is 9.53 Å². The van der Waals surface area contributed by atoms with Gasteiger partial charge in [0.05, 0.1) is 0 Å². The van der Waals surface area contributed by atoms with Gasteiger partial charge in [-0.3, -0.25) is 4.79 Å². The van der Waals surface area contributed by atoms with Gasteiger partial charge in [-0.2, -0.15) is 0 Å². The van der Waals surface area contributed by atoms with Gasteiger partial charge in [0, 0.05) is 12.8 Å². The fraction of sp³-hybridized carbons (Fsp3) is 0.667. The van der Waals surface area contributed by atoms with Crippen molar-refractivity contribution in [1.82, 2.24) is 0 Å². The fourth-order valence-corrected chi connectivity index (χ4v) is 0.540. The van der Waals surface area contributed by atoms with Crippen molar-refractivity contribution in [2.45, 2.75) is 33.6 Å². The van der Waals surface area contributed by atoms with Gasteiger partial charge >= 0.3 is 5.97 Å². The van der Waals surface area contributed by atoms with Gasteiger partial charge < -0.3 is 4.74 Å². The van der Waals surface area contributed by atoms with E-state index in [-0.39, 0.29) is 5.97 Å². The highest BCUT2D eigenvalue weighted by Gasteiger charge is 2.03. The van der Waals surface area contributed by atoms with Gasteiger partial charge in [-0.05, 0) is 5.92 Å². The van der Waals surface area contributed by atoms with Gasteiger partial charge in [0.2, 0.25) is 0 Å². The number of rotatable bonds is 2. The molecule has 62 valence electrons. The van der Waals surface area contributed by atoms with Crippen molar-refractivity contribution in [2.75, 3.05) is 0 Å². The summed E-state index contributed by atoms with van der Waals surface area (Å²) in [4.78, 5) is 10.8. The Labute approximate surface area is 67.9 Å². The molecule has 0 saturated heterocycles. The van der Waals surface area contributed by atoms with Crippen LogP contribution in [0.5, 0.6) is 0 Å². The first-order valence-corrected chi connectivity index (χ1v) is 3.84. The van der Waals surface area contributed by atoms with E-state index in [2.05, 4.69) is 16.8 Å².